The van der Waals surface area contributed by atoms with Crippen LogP contribution < -0.4 is 0 Å². The molecular weight excluding hydrogens is 621 g/mol. The van der Waals surface area contributed by atoms with Crippen molar-refractivity contribution in [2.24, 2.45) is 0 Å². The van der Waals surface area contributed by atoms with Gasteiger partial charge >= 0.3 is 0 Å². The molecule has 3 aromatic heterocycles. The molecule has 11 aromatic rings. The Balaban J connectivity index is 1.15. The average molecular weight is 671 g/mol. The maximum absolute atomic E-state index is 9.61. The Morgan fingerprint density at radius 2 is 1.10 bits per heavy atom. The quantitative estimate of drug-likeness (QED) is 0.175. The van der Waals surface area contributed by atoms with E-state index in [2.05, 4.69) is 9.97 Å². The summed E-state index contributed by atoms with van der Waals surface area (Å²) < 4.78 is 201. The zero-order valence-corrected chi connectivity index (χ0v) is 25.8. The molecule has 3 heteroatoms. The Morgan fingerprint density at radius 1 is 0.451 bits per heavy atom. The minimum Gasteiger partial charge on any atom is -0.456 e. The van der Waals surface area contributed by atoms with E-state index in [-0.39, 0.29) is 76.5 Å². The van der Waals surface area contributed by atoms with E-state index < -0.39 is 156 Å². The van der Waals surface area contributed by atoms with Crippen LogP contribution in [0, 0.1) is 0 Å². The van der Waals surface area contributed by atoms with Gasteiger partial charge in [0.25, 0.3) is 0 Å². The second-order valence-electron chi connectivity index (χ2n) is 11.6. The van der Waals surface area contributed by atoms with E-state index in [1.54, 1.807) is 24.3 Å². The van der Waals surface area contributed by atoms with Gasteiger partial charge in [-0.1, -0.05) is 127 Å². The first-order valence-electron chi connectivity index (χ1n) is 26.5. The summed E-state index contributed by atoms with van der Waals surface area (Å²) in [6, 6.07) is -3.94. The van der Waals surface area contributed by atoms with E-state index in [1.165, 1.54) is 12.1 Å². The normalized spacial score (nSPS) is 18.0. The first-order valence-corrected chi connectivity index (χ1v) is 15.5. The fourth-order valence-electron chi connectivity index (χ4n) is 6.48. The molecule has 0 atom stereocenters. The summed E-state index contributed by atoms with van der Waals surface area (Å²) in [7, 11) is 0. The molecule has 8 aromatic carbocycles. The van der Waals surface area contributed by atoms with Gasteiger partial charge in [-0.05, 0) is 90.5 Å². The van der Waals surface area contributed by atoms with Gasteiger partial charge in [-0.2, -0.15) is 0 Å². The van der Waals surface area contributed by atoms with Crippen LogP contribution in [-0.2, 0) is 0 Å². The van der Waals surface area contributed by atoms with Crippen molar-refractivity contribution in [2.75, 3.05) is 0 Å². The largest absolute Gasteiger partial charge is 0.456 e. The summed E-state index contributed by atoms with van der Waals surface area (Å²) >= 11 is 0. The minimum atomic E-state index is -0.774. The number of hydrogen-bond acceptors (Lipinski definition) is 3. The monoisotopic (exact) mass is 670 g/mol. The predicted molar refractivity (Wildman–Crippen MR) is 212 cm³/mol. The fraction of sp³-hybridized carbons (Fsp3) is 0. The number of rotatable bonds is 4. The van der Waals surface area contributed by atoms with E-state index >= 15 is 0 Å². The minimum absolute atomic E-state index is 0.121. The van der Waals surface area contributed by atoms with Crippen molar-refractivity contribution in [3.05, 3.63) is 169 Å². The molecule has 236 valence electrons. The molecule has 0 N–H and O–H groups in total. The summed E-state index contributed by atoms with van der Waals surface area (Å²) in [6.45, 7) is 0. The molecule has 3 nitrogen and oxygen atoms in total. The maximum atomic E-state index is 9.61. The molecule has 51 heavy (non-hydrogen) atoms. The zero-order chi connectivity index (χ0) is 52.6. The van der Waals surface area contributed by atoms with Crippen LogP contribution in [0.2, 0.25) is 0 Å². The second-order valence-corrected chi connectivity index (χ2v) is 11.6. The molecule has 11 rings (SSSR count). The van der Waals surface area contributed by atoms with Gasteiger partial charge < -0.3 is 4.42 Å². The van der Waals surface area contributed by atoms with Crippen LogP contribution in [0.15, 0.2) is 174 Å². The molecule has 0 aliphatic carbocycles. The number of aromatic nitrogens is 2. The summed E-state index contributed by atoms with van der Waals surface area (Å²) in [5.41, 5.74) is -1.40. The topological polar surface area (TPSA) is 38.9 Å². The third kappa shape index (κ3) is 4.32. The molecule has 0 radical (unpaired) electrons. The Hall–Kier alpha value is -6.84. The molecule has 0 fully saturated rings. The van der Waals surface area contributed by atoms with Gasteiger partial charge in [0.2, 0.25) is 0 Å². The highest BCUT2D eigenvalue weighted by Gasteiger charge is 2.16. The Kier molecular flexibility index (Phi) is 3.01. The van der Waals surface area contributed by atoms with Crippen molar-refractivity contribution in [3.8, 4) is 45.0 Å². The predicted octanol–water partition coefficient (Wildman–Crippen LogP) is 13.1. The van der Waals surface area contributed by atoms with Crippen LogP contribution >= 0.6 is 0 Å². The molecule has 0 aliphatic rings. The maximum Gasteiger partial charge on any atom is 0.135 e. The molecular formula is C48H28N2O. The van der Waals surface area contributed by atoms with Gasteiger partial charge in [0, 0.05) is 33.6 Å². The van der Waals surface area contributed by atoms with Crippen molar-refractivity contribution in [2.45, 2.75) is 0 Å². The Labute approximate surface area is 324 Å². The number of nitrogens with zero attached hydrogens (tertiary/aromatic N) is 2. The van der Waals surface area contributed by atoms with Crippen molar-refractivity contribution in [1.82, 2.24) is 9.97 Å². The van der Waals surface area contributed by atoms with E-state index in [0.29, 0.717) is 10.8 Å². The molecule has 0 saturated heterocycles. The number of pyridine rings is 2. The van der Waals surface area contributed by atoms with Gasteiger partial charge in [-0.15, -0.1) is 0 Å². The Bertz CT molecular complexity index is 4390. The highest BCUT2D eigenvalue weighted by Crippen LogP contribution is 2.42. The molecule has 0 saturated carbocycles. The number of benzene rings is 8. The lowest BCUT2D eigenvalue weighted by Crippen LogP contribution is -1.91. The van der Waals surface area contributed by atoms with E-state index in [1.807, 2.05) is 0 Å². The van der Waals surface area contributed by atoms with Crippen molar-refractivity contribution >= 4 is 64.9 Å². The Morgan fingerprint density at radius 3 is 1.98 bits per heavy atom. The zero-order valence-electron chi connectivity index (χ0n) is 47.8. The summed E-state index contributed by atoms with van der Waals surface area (Å²) in [4.78, 5) is 8.80. The first kappa shape index (κ1) is 14.2. The van der Waals surface area contributed by atoms with E-state index in [9.17, 15) is 5.48 Å². The molecule has 3 heterocycles. The summed E-state index contributed by atoms with van der Waals surface area (Å²) in [5, 5.41) is -1.49. The lowest BCUT2D eigenvalue weighted by molar-refractivity contribution is 0.598. The van der Waals surface area contributed by atoms with Gasteiger partial charge in [0.15, 0.2) is 0 Å². The second kappa shape index (κ2) is 10.8. The van der Waals surface area contributed by atoms with Gasteiger partial charge in [-0.25, -0.2) is 4.98 Å². The number of furan rings is 1. The third-order valence-electron chi connectivity index (χ3n) is 8.78. The molecule has 0 spiro atoms. The molecule has 0 aliphatic heterocycles. The van der Waals surface area contributed by atoms with E-state index in [4.69, 9.17) is 29.1 Å². The lowest BCUT2D eigenvalue weighted by Gasteiger charge is -2.13. The van der Waals surface area contributed by atoms with E-state index in [0.717, 1.165) is 0 Å². The van der Waals surface area contributed by atoms with Crippen molar-refractivity contribution in [1.29, 1.82) is 0 Å². The van der Waals surface area contributed by atoms with Crippen LogP contribution in [0.3, 0.4) is 0 Å². The standard InChI is InChI=1S/C48H28N2O/c1-2-12-38-37(11-1)36(22-23-39(38)42-24-19-33-16-15-32-10-5-27-49-47(32)48(33)50-42)34-8-4-9-35(28-34)43-25-26-44(51-43)40-20-17-31-14-13-29-6-3-7-30-18-21-41(40)46(31)45(29)30/h1-28H/i3D,4D,5D,6D,7D,8D,9D,10D,13D,14D,15D,16D,17D,18D,19D,20D,21D,24D,25D,26D,27D,28D. The summed E-state index contributed by atoms with van der Waals surface area (Å²) in [6.07, 6.45) is -0.605. The smallest absolute Gasteiger partial charge is 0.135 e. The van der Waals surface area contributed by atoms with Crippen LogP contribution in [-0.4, -0.2) is 9.97 Å². The first-order chi connectivity index (χ1) is 34.5. The van der Waals surface area contributed by atoms with Crippen LogP contribution in [0.5, 0.6) is 0 Å². The van der Waals surface area contributed by atoms with Crippen molar-refractivity contribution in [3.63, 3.8) is 0 Å². The molecule has 0 amide bonds. The van der Waals surface area contributed by atoms with Crippen LogP contribution in [0.1, 0.15) is 30.2 Å². The van der Waals surface area contributed by atoms with Crippen molar-refractivity contribution < 1.29 is 34.6 Å². The van der Waals surface area contributed by atoms with Gasteiger partial charge in [-0.3, -0.25) is 4.98 Å². The third-order valence-corrected chi connectivity index (χ3v) is 8.78. The molecule has 0 unspecified atom stereocenters. The lowest BCUT2D eigenvalue weighted by atomic mass is 9.91. The summed E-state index contributed by atoms with van der Waals surface area (Å²) in [5.74, 6) is -1.29. The highest BCUT2D eigenvalue weighted by molar-refractivity contribution is 6.25. The highest BCUT2D eigenvalue weighted by atomic mass is 16.3. The van der Waals surface area contributed by atoms with Gasteiger partial charge in [0.05, 0.1) is 46.9 Å². The number of fused-ring (bicyclic) bond motifs is 4. The molecule has 0 bridgehead atoms. The SMILES string of the molecule is [2H]c1nc2c(c([2H])c1[2H])c([2H])c([2H])c1c([2H])c([2H])c(-c3ccc(-c4c([2H])c([2H])c([2H])c(-c5oc(-c6c([2H])c([2H])c7c([2H])c([2H])c8c([2H])c([2H])c([2H])c9c([2H])c([2H])c6c7c89)c([2H])c5[2H])c4[2H])c4ccccc34)nc12. The average Bonchev–Trinajstić information content (AvgIpc) is 3.64. The number of hydrogen-bond donors (Lipinski definition) is 0. The van der Waals surface area contributed by atoms with Gasteiger partial charge in [0.1, 0.15) is 11.5 Å². The fourth-order valence-corrected chi connectivity index (χ4v) is 6.48. The van der Waals surface area contributed by atoms with Crippen LogP contribution in [0.25, 0.3) is 110 Å². The van der Waals surface area contributed by atoms with Crippen LogP contribution in [0.4, 0.5) is 0 Å².